The van der Waals surface area contributed by atoms with Crippen LogP contribution < -0.4 is 10.6 Å². The van der Waals surface area contributed by atoms with Crippen LogP contribution in [0.1, 0.15) is 12.6 Å². The largest absolute Gasteiger partial charge is 0.408 e. The van der Waals surface area contributed by atoms with Crippen LogP contribution in [0.4, 0.5) is 25.1 Å². The van der Waals surface area contributed by atoms with E-state index in [4.69, 9.17) is 11.6 Å². The number of hydrogen-bond acceptors (Lipinski definition) is 6. The molecule has 0 unspecified atom stereocenters. The van der Waals surface area contributed by atoms with E-state index in [1.807, 2.05) is 6.07 Å². The number of halogens is 4. The zero-order valence-corrected chi connectivity index (χ0v) is 12.2. The number of nitrogens with zero attached hydrogens (tertiary/aromatic N) is 4. The van der Waals surface area contributed by atoms with Gasteiger partial charge in [0.1, 0.15) is 6.04 Å². The molecular weight excluding hydrogens is 321 g/mol. The standard InChI is InChI=1S/C12H12ClF3N6/c1-7(12(14,15)16)19-11-21-9(13)20-10(22-11)18-6-8-4-2-3-5-17-8/h2-5,7H,6H2,1H3,(H2,18,19,20,21,22)/t7-/m1/s1. The van der Waals surface area contributed by atoms with Gasteiger partial charge in [-0.15, -0.1) is 0 Å². The van der Waals surface area contributed by atoms with Crippen molar-refractivity contribution in [2.24, 2.45) is 0 Å². The second-order valence-electron chi connectivity index (χ2n) is 4.33. The molecule has 2 heterocycles. The highest BCUT2D eigenvalue weighted by molar-refractivity contribution is 6.28. The fraction of sp³-hybridized carbons (Fsp3) is 0.333. The van der Waals surface area contributed by atoms with E-state index in [2.05, 4.69) is 30.6 Å². The molecule has 0 aliphatic rings. The average molecular weight is 333 g/mol. The maximum atomic E-state index is 12.5. The zero-order valence-electron chi connectivity index (χ0n) is 11.4. The first-order valence-corrected chi connectivity index (χ1v) is 6.61. The number of aromatic nitrogens is 4. The van der Waals surface area contributed by atoms with Gasteiger partial charge < -0.3 is 10.6 Å². The third kappa shape index (κ3) is 4.69. The van der Waals surface area contributed by atoms with Gasteiger partial charge in [-0.1, -0.05) is 6.07 Å². The second kappa shape index (κ2) is 6.73. The molecule has 118 valence electrons. The summed E-state index contributed by atoms with van der Waals surface area (Å²) in [6.07, 6.45) is -2.80. The number of alkyl halides is 3. The lowest BCUT2D eigenvalue weighted by Gasteiger charge is -2.17. The van der Waals surface area contributed by atoms with Gasteiger partial charge >= 0.3 is 6.18 Å². The maximum absolute atomic E-state index is 12.5. The minimum Gasteiger partial charge on any atom is -0.348 e. The van der Waals surface area contributed by atoms with E-state index in [0.29, 0.717) is 6.54 Å². The predicted molar refractivity (Wildman–Crippen MR) is 75.5 cm³/mol. The summed E-state index contributed by atoms with van der Waals surface area (Å²) in [4.78, 5) is 15.4. The van der Waals surface area contributed by atoms with Crippen molar-refractivity contribution in [3.63, 3.8) is 0 Å². The number of anilines is 2. The normalized spacial score (nSPS) is 12.8. The van der Waals surface area contributed by atoms with E-state index in [-0.39, 0.29) is 17.2 Å². The highest BCUT2D eigenvalue weighted by Gasteiger charge is 2.36. The molecule has 0 aliphatic carbocycles. The smallest absolute Gasteiger partial charge is 0.348 e. The molecule has 0 bridgehead atoms. The van der Waals surface area contributed by atoms with Gasteiger partial charge in [0, 0.05) is 6.20 Å². The molecule has 0 aliphatic heterocycles. The molecule has 22 heavy (non-hydrogen) atoms. The quantitative estimate of drug-likeness (QED) is 0.877. The molecule has 6 nitrogen and oxygen atoms in total. The topological polar surface area (TPSA) is 75.6 Å². The Bertz CT molecular complexity index is 622. The van der Waals surface area contributed by atoms with Crippen molar-refractivity contribution in [1.82, 2.24) is 19.9 Å². The molecule has 2 aromatic heterocycles. The summed E-state index contributed by atoms with van der Waals surface area (Å²) >= 11 is 5.69. The Kier molecular flexibility index (Phi) is 4.96. The van der Waals surface area contributed by atoms with E-state index in [0.717, 1.165) is 12.6 Å². The Morgan fingerprint density at radius 3 is 2.55 bits per heavy atom. The summed E-state index contributed by atoms with van der Waals surface area (Å²) in [5, 5.41) is 4.75. The Labute approximate surface area is 129 Å². The number of pyridine rings is 1. The summed E-state index contributed by atoms with van der Waals surface area (Å²) in [7, 11) is 0. The van der Waals surface area contributed by atoms with Crippen LogP contribution >= 0.6 is 11.6 Å². The lowest BCUT2D eigenvalue weighted by molar-refractivity contribution is -0.138. The fourth-order valence-electron chi connectivity index (χ4n) is 1.44. The molecule has 0 aromatic carbocycles. The van der Waals surface area contributed by atoms with Crippen LogP contribution in [0.5, 0.6) is 0 Å². The van der Waals surface area contributed by atoms with Gasteiger partial charge in [0.2, 0.25) is 17.2 Å². The summed E-state index contributed by atoms with van der Waals surface area (Å²) in [5.41, 5.74) is 0.720. The Morgan fingerprint density at radius 1 is 1.18 bits per heavy atom. The molecule has 0 saturated carbocycles. The molecule has 0 saturated heterocycles. The average Bonchev–Trinajstić information content (AvgIpc) is 2.44. The van der Waals surface area contributed by atoms with Gasteiger partial charge in [-0.05, 0) is 30.7 Å². The highest BCUT2D eigenvalue weighted by Crippen LogP contribution is 2.22. The van der Waals surface area contributed by atoms with Crippen LogP contribution in [0.2, 0.25) is 5.28 Å². The Hall–Kier alpha value is -2.16. The van der Waals surface area contributed by atoms with E-state index in [1.54, 1.807) is 18.3 Å². The van der Waals surface area contributed by atoms with Crippen molar-refractivity contribution in [3.8, 4) is 0 Å². The zero-order chi connectivity index (χ0) is 16.2. The van der Waals surface area contributed by atoms with Crippen molar-refractivity contribution < 1.29 is 13.2 Å². The van der Waals surface area contributed by atoms with Crippen molar-refractivity contribution >= 4 is 23.5 Å². The summed E-state index contributed by atoms with van der Waals surface area (Å²) < 4.78 is 37.5. The monoisotopic (exact) mass is 332 g/mol. The highest BCUT2D eigenvalue weighted by atomic mass is 35.5. The molecule has 10 heteroatoms. The second-order valence-corrected chi connectivity index (χ2v) is 4.67. The van der Waals surface area contributed by atoms with Crippen LogP contribution in [0.25, 0.3) is 0 Å². The van der Waals surface area contributed by atoms with Crippen molar-refractivity contribution in [3.05, 3.63) is 35.4 Å². The van der Waals surface area contributed by atoms with E-state index in [1.165, 1.54) is 0 Å². The number of hydrogen-bond donors (Lipinski definition) is 2. The van der Waals surface area contributed by atoms with E-state index >= 15 is 0 Å². The van der Waals surface area contributed by atoms with Crippen LogP contribution in [-0.2, 0) is 6.54 Å². The Morgan fingerprint density at radius 2 is 1.91 bits per heavy atom. The molecule has 2 N–H and O–H groups in total. The minimum absolute atomic E-state index is 0.0579. The molecule has 0 fully saturated rings. The summed E-state index contributed by atoms with van der Waals surface area (Å²) in [6, 6.07) is 3.54. The van der Waals surface area contributed by atoms with Gasteiger partial charge in [0.05, 0.1) is 12.2 Å². The number of rotatable bonds is 5. The molecule has 1 atom stereocenters. The first-order valence-electron chi connectivity index (χ1n) is 6.23. The van der Waals surface area contributed by atoms with Gasteiger partial charge in [-0.25, -0.2) is 0 Å². The van der Waals surface area contributed by atoms with Crippen LogP contribution in [-0.4, -0.2) is 32.2 Å². The maximum Gasteiger partial charge on any atom is 0.408 e. The SMILES string of the molecule is C[C@@H](Nc1nc(Cl)nc(NCc2ccccn2)n1)C(F)(F)F. The number of nitrogens with one attached hydrogen (secondary N) is 2. The molecule has 0 spiro atoms. The van der Waals surface area contributed by atoms with Crippen LogP contribution in [0.3, 0.4) is 0 Å². The lowest BCUT2D eigenvalue weighted by atomic mass is 10.3. The van der Waals surface area contributed by atoms with E-state index < -0.39 is 12.2 Å². The summed E-state index contributed by atoms with van der Waals surface area (Å²) in [5.74, 6) is -0.198. The third-order valence-corrected chi connectivity index (χ3v) is 2.77. The van der Waals surface area contributed by atoms with Crippen LogP contribution in [0, 0.1) is 0 Å². The van der Waals surface area contributed by atoms with Gasteiger partial charge in [-0.2, -0.15) is 28.1 Å². The first kappa shape index (κ1) is 16.2. The van der Waals surface area contributed by atoms with Gasteiger partial charge in [0.25, 0.3) is 0 Å². The predicted octanol–water partition coefficient (Wildman–Crippen LogP) is 2.89. The summed E-state index contributed by atoms with van der Waals surface area (Å²) in [6.45, 7) is 1.26. The van der Waals surface area contributed by atoms with Crippen molar-refractivity contribution in [1.29, 1.82) is 0 Å². The molecule has 0 radical (unpaired) electrons. The molecular formula is C12H12ClF3N6. The lowest BCUT2D eigenvalue weighted by Crippen LogP contribution is -2.33. The molecule has 0 amide bonds. The van der Waals surface area contributed by atoms with Crippen LogP contribution in [0.15, 0.2) is 24.4 Å². The minimum atomic E-state index is -4.42. The third-order valence-electron chi connectivity index (χ3n) is 2.60. The van der Waals surface area contributed by atoms with E-state index in [9.17, 15) is 13.2 Å². The van der Waals surface area contributed by atoms with Gasteiger partial charge in [-0.3, -0.25) is 4.98 Å². The van der Waals surface area contributed by atoms with Gasteiger partial charge in [0.15, 0.2) is 0 Å². The first-order chi connectivity index (χ1) is 10.3. The molecule has 2 aromatic rings. The molecule has 2 rings (SSSR count). The van der Waals surface area contributed by atoms with Crippen molar-refractivity contribution in [2.45, 2.75) is 25.7 Å². The fourth-order valence-corrected chi connectivity index (χ4v) is 1.60. The Balaban J connectivity index is 2.06. The van der Waals surface area contributed by atoms with Crippen molar-refractivity contribution in [2.75, 3.05) is 10.6 Å².